The first kappa shape index (κ1) is 28.3. The van der Waals surface area contributed by atoms with Crippen molar-refractivity contribution in [3.8, 4) is 39.5 Å². The van der Waals surface area contributed by atoms with E-state index in [9.17, 15) is 0 Å². The van der Waals surface area contributed by atoms with E-state index in [1.54, 1.807) is 0 Å². The lowest BCUT2D eigenvalue weighted by Crippen LogP contribution is -2.03. The number of nitrogens with zero attached hydrogens (tertiary/aromatic N) is 3. The summed E-state index contributed by atoms with van der Waals surface area (Å²) in [7, 11) is 0. The van der Waals surface area contributed by atoms with Crippen molar-refractivity contribution in [3.63, 3.8) is 0 Å². The van der Waals surface area contributed by atoms with Gasteiger partial charge < -0.3 is 4.42 Å². The SMILES string of the molecule is c1ccc(-c2cc(-c3ccccc3)cc(-c3nc(-n4c5ccccc5c5cc6c(cc54)sc4ccccc46)nc4c3oc3ccccc34)c2)cc1. The Hall–Kier alpha value is -6.56. The Morgan fingerprint density at radius 3 is 1.82 bits per heavy atom. The van der Waals surface area contributed by atoms with Gasteiger partial charge in [0.15, 0.2) is 5.58 Å². The van der Waals surface area contributed by atoms with Gasteiger partial charge in [0.05, 0.1) is 11.0 Å². The molecule has 0 aliphatic heterocycles. The highest BCUT2D eigenvalue weighted by molar-refractivity contribution is 7.25. The molecule has 11 aromatic rings. The molecule has 51 heavy (non-hydrogen) atoms. The van der Waals surface area contributed by atoms with Gasteiger partial charge in [0.2, 0.25) is 5.95 Å². The summed E-state index contributed by atoms with van der Waals surface area (Å²) in [6.07, 6.45) is 0. The van der Waals surface area contributed by atoms with Crippen LogP contribution in [0.3, 0.4) is 0 Å². The zero-order valence-electron chi connectivity index (χ0n) is 27.2. The van der Waals surface area contributed by atoms with Gasteiger partial charge >= 0.3 is 0 Å². The average molecular weight is 670 g/mol. The van der Waals surface area contributed by atoms with Gasteiger partial charge in [0.25, 0.3) is 0 Å². The molecule has 4 nitrogen and oxygen atoms in total. The third kappa shape index (κ3) is 4.38. The summed E-state index contributed by atoms with van der Waals surface area (Å²) >= 11 is 1.83. The van der Waals surface area contributed by atoms with E-state index >= 15 is 0 Å². The molecule has 0 saturated carbocycles. The Kier molecular flexibility index (Phi) is 6.09. The summed E-state index contributed by atoms with van der Waals surface area (Å²) in [5.41, 5.74) is 10.6. The number of hydrogen-bond donors (Lipinski definition) is 0. The average Bonchev–Trinajstić information content (AvgIpc) is 3.86. The lowest BCUT2D eigenvalue weighted by molar-refractivity contribution is 0.666. The Morgan fingerprint density at radius 2 is 1.06 bits per heavy atom. The molecule has 0 saturated heterocycles. The van der Waals surface area contributed by atoms with Crippen molar-refractivity contribution >= 4 is 75.4 Å². The molecule has 11 rings (SSSR count). The quantitative estimate of drug-likeness (QED) is 0.187. The molecule has 0 unspecified atom stereocenters. The molecule has 7 aromatic carbocycles. The van der Waals surface area contributed by atoms with Gasteiger partial charge in [-0.25, -0.2) is 9.97 Å². The van der Waals surface area contributed by atoms with Crippen LogP contribution in [0.25, 0.3) is 104 Å². The van der Waals surface area contributed by atoms with E-state index in [-0.39, 0.29) is 0 Å². The number of furan rings is 1. The fraction of sp³-hybridized carbons (Fsp3) is 0. The zero-order valence-corrected chi connectivity index (χ0v) is 28.1. The molecule has 4 heterocycles. The Morgan fingerprint density at radius 1 is 0.431 bits per heavy atom. The van der Waals surface area contributed by atoms with Crippen LogP contribution in [0.1, 0.15) is 0 Å². The molecule has 0 spiro atoms. The van der Waals surface area contributed by atoms with E-state index < -0.39 is 0 Å². The highest BCUT2D eigenvalue weighted by Crippen LogP contribution is 2.42. The minimum absolute atomic E-state index is 0.613. The maximum Gasteiger partial charge on any atom is 0.236 e. The molecule has 0 bridgehead atoms. The largest absolute Gasteiger partial charge is 0.452 e. The third-order valence-corrected chi connectivity index (χ3v) is 11.1. The van der Waals surface area contributed by atoms with Crippen LogP contribution in [0.4, 0.5) is 0 Å². The Balaban J connectivity index is 1.25. The van der Waals surface area contributed by atoms with Crippen LogP contribution in [-0.2, 0) is 0 Å². The highest BCUT2D eigenvalue weighted by atomic mass is 32.1. The first-order valence-electron chi connectivity index (χ1n) is 17.1. The zero-order chi connectivity index (χ0) is 33.5. The van der Waals surface area contributed by atoms with Crippen LogP contribution in [0, 0.1) is 0 Å². The van der Waals surface area contributed by atoms with Crippen molar-refractivity contribution in [2.24, 2.45) is 0 Å². The number of fused-ring (bicyclic) bond motifs is 9. The number of para-hydroxylation sites is 2. The smallest absolute Gasteiger partial charge is 0.236 e. The maximum absolute atomic E-state index is 6.64. The molecular weight excluding hydrogens is 643 g/mol. The normalized spacial score (nSPS) is 11.9. The number of aromatic nitrogens is 3. The van der Waals surface area contributed by atoms with Gasteiger partial charge in [-0.2, -0.15) is 0 Å². The molecular formula is C46H27N3OS. The Bertz CT molecular complexity index is 3080. The minimum Gasteiger partial charge on any atom is -0.452 e. The van der Waals surface area contributed by atoms with Crippen molar-refractivity contribution in [3.05, 3.63) is 164 Å². The monoisotopic (exact) mass is 669 g/mol. The molecule has 0 aliphatic carbocycles. The van der Waals surface area contributed by atoms with Crippen molar-refractivity contribution in [1.29, 1.82) is 0 Å². The van der Waals surface area contributed by atoms with Crippen molar-refractivity contribution in [2.75, 3.05) is 0 Å². The molecule has 0 fully saturated rings. The molecule has 4 aromatic heterocycles. The first-order valence-corrected chi connectivity index (χ1v) is 17.9. The van der Waals surface area contributed by atoms with E-state index in [4.69, 9.17) is 14.4 Å². The molecule has 0 atom stereocenters. The number of thiophene rings is 1. The molecule has 0 N–H and O–H groups in total. The summed E-state index contributed by atoms with van der Waals surface area (Å²) < 4.78 is 11.4. The third-order valence-electron chi connectivity index (χ3n) is 10.00. The number of rotatable bonds is 4. The van der Waals surface area contributed by atoms with E-state index in [1.807, 2.05) is 29.5 Å². The summed E-state index contributed by atoms with van der Waals surface area (Å²) in [4.78, 5) is 10.8. The van der Waals surface area contributed by atoms with Crippen LogP contribution in [0.2, 0.25) is 0 Å². The lowest BCUT2D eigenvalue weighted by Gasteiger charge is -2.13. The topological polar surface area (TPSA) is 43.9 Å². The van der Waals surface area contributed by atoms with Gasteiger partial charge in [-0.05, 0) is 76.9 Å². The minimum atomic E-state index is 0.613. The lowest BCUT2D eigenvalue weighted by atomic mass is 9.95. The van der Waals surface area contributed by atoms with Crippen LogP contribution >= 0.6 is 11.3 Å². The summed E-state index contributed by atoms with van der Waals surface area (Å²) in [6.45, 7) is 0. The van der Waals surface area contributed by atoms with Gasteiger partial charge in [0.1, 0.15) is 16.8 Å². The fourth-order valence-electron chi connectivity index (χ4n) is 7.64. The second kappa shape index (κ2) is 11.0. The summed E-state index contributed by atoms with van der Waals surface area (Å²) in [5, 5.41) is 5.88. The van der Waals surface area contributed by atoms with Crippen molar-refractivity contribution in [2.45, 2.75) is 0 Å². The molecule has 0 radical (unpaired) electrons. The second-order valence-corrected chi connectivity index (χ2v) is 14.1. The highest BCUT2D eigenvalue weighted by Gasteiger charge is 2.22. The standard InChI is InChI=1S/C46H27N3OS/c1-3-13-28(14-4-1)30-23-31(29-15-5-2-6-16-29)25-32(24-30)43-45-44(35-19-8-11-21-40(35)50-45)48-46(47-43)49-38-20-10-7-17-33(38)36-26-37-34-18-9-12-22-41(34)51-42(37)27-39(36)49/h1-27H. The fourth-order valence-corrected chi connectivity index (χ4v) is 8.76. The van der Waals surface area contributed by atoms with E-state index in [1.165, 1.54) is 30.9 Å². The molecule has 238 valence electrons. The van der Waals surface area contributed by atoms with Gasteiger partial charge in [-0.1, -0.05) is 109 Å². The van der Waals surface area contributed by atoms with E-state index in [2.05, 4.69) is 150 Å². The van der Waals surface area contributed by atoms with Crippen LogP contribution in [0.15, 0.2) is 168 Å². The van der Waals surface area contributed by atoms with Crippen molar-refractivity contribution < 1.29 is 4.42 Å². The van der Waals surface area contributed by atoms with Gasteiger partial charge in [-0.3, -0.25) is 4.57 Å². The van der Waals surface area contributed by atoms with Crippen molar-refractivity contribution in [1.82, 2.24) is 14.5 Å². The van der Waals surface area contributed by atoms with Crippen LogP contribution in [0.5, 0.6) is 0 Å². The second-order valence-electron chi connectivity index (χ2n) is 13.0. The predicted octanol–water partition coefficient (Wildman–Crippen LogP) is 12.8. The maximum atomic E-state index is 6.64. The summed E-state index contributed by atoms with van der Waals surface area (Å²) in [5.74, 6) is 0.613. The predicted molar refractivity (Wildman–Crippen MR) is 213 cm³/mol. The molecule has 0 aliphatic rings. The van der Waals surface area contributed by atoms with Crippen LogP contribution in [-0.4, -0.2) is 14.5 Å². The first-order chi connectivity index (χ1) is 25.3. The van der Waals surface area contributed by atoms with Gasteiger partial charge in [-0.15, -0.1) is 11.3 Å². The Labute approximate surface area is 296 Å². The van der Waals surface area contributed by atoms with E-state index in [0.717, 1.165) is 61.0 Å². The molecule has 0 amide bonds. The van der Waals surface area contributed by atoms with Gasteiger partial charge in [0, 0.05) is 41.9 Å². The number of hydrogen-bond acceptors (Lipinski definition) is 4. The van der Waals surface area contributed by atoms with E-state index in [0.29, 0.717) is 11.5 Å². The molecule has 5 heteroatoms. The number of benzene rings is 7. The van der Waals surface area contributed by atoms with Crippen LogP contribution < -0.4 is 0 Å². The summed E-state index contributed by atoms with van der Waals surface area (Å²) in [6, 6.07) is 57.8.